The molecule has 0 spiro atoms. The lowest BCUT2D eigenvalue weighted by molar-refractivity contribution is -0.114. The maximum absolute atomic E-state index is 9.44. The van der Waals surface area contributed by atoms with Gasteiger partial charge in [0.1, 0.15) is 5.78 Å². The highest BCUT2D eigenvalue weighted by atomic mass is 16.6. The van der Waals surface area contributed by atoms with E-state index in [9.17, 15) is 4.79 Å². The fourth-order valence-electron chi connectivity index (χ4n) is 0.440. The van der Waals surface area contributed by atoms with Gasteiger partial charge in [-0.25, -0.2) is 0 Å². The van der Waals surface area contributed by atoms with Gasteiger partial charge in [0.25, 0.3) is 0 Å². The second kappa shape index (κ2) is 13.7. The molecule has 76 valence electrons. The van der Waals surface area contributed by atoms with Crippen LogP contribution in [0.1, 0.15) is 20.8 Å². The molecule has 1 aliphatic rings. The molecule has 0 unspecified atom stereocenters. The van der Waals surface area contributed by atoms with E-state index in [1.807, 2.05) is 0 Å². The Bertz CT molecular complexity index is 132. The molecule has 1 rings (SSSR count). The lowest BCUT2D eigenvalue weighted by Crippen LogP contribution is -2.16. The number of hydrogen-bond acceptors (Lipinski definition) is 4. The normalized spacial score (nSPS) is 13.7. The second-order valence-corrected chi connectivity index (χ2v) is 2.36. The zero-order chi connectivity index (χ0) is 10.5. The van der Waals surface area contributed by atoms with E-state index in [2.05, 4.69) is 0 Å². The van der Waals surface area contributed by atoms with E-state index in [-0.39, 0.29) is 5.78 Å². The third kappa shape index (κ3) is 35.4. The minimum Gasteiger partial charge on any atom is -0.377 e. The van der Waals surface area contributed by atoms with Crippen LogP contribution >= 0.6 is 0 Å². The molecule has 0 bridgehead atoms. The lowest BCUT2D eigenvalue weighted by atomic mass is 10.6. The van der Waals surface area contributed by atoms with Crippen LogP contribution in [-0.2, 0) is 14.3 Å². The van der Waals surface area contributed by atoms with Gasteiger partial charge in [-0.1, -0.05) is 0 Å². The van der Waals surface area contributed by atoms with E-state index >= 15 is 0 Å². The van der Waals surface area contributed by atoms with Crippen LogP contribution in [0.3, 0.4) is 0 Å². The van der Waals surface area contributed by atoms with Crippen LogP contribution in [0.5, 0.6) is 0 Å². The molecule has 0 saturated carbocycles. The summed E-state index contributed by atoms with van der Waals surface area (Å²) in [6.07, 6.45) is 0. The van der Waals surface area contributed by atoms with Crippen LogP contribution in [0.15, 0.2) is 0 Å². The molecule has 4 heteroatoms. The number of nitriles is 1. The van der Waals surface area contributed by atoms with Crippen LogP contribution in [0.2, 0.25) is 0 Å². The Balaban J connectivity index is 0. The molecule has 1 aliphatic heterocycles. The van der Waals surface area contributed by atoms with Gasteiger partial charge < -0.3 is 14.3 Å². The molecule has 0 aliphatic carbocycles. The van der Waals surface area contributed by atoms with Crippen LogP contribution in [0.25, 0.3) is 0 Å². The number of rotatable bonds is 0. The maximum atomic E-state index is 9.44. The molecule has 0 atom stereocenters. The molecular formula is C9H17NO3. The van der Waals surface area contributed by atoms with Gasteiger partial charge >= 0.3 is 0 Å². The van der Waals surface area contributed by atoms with Gasteiger partial charge in [-0.05, 0) is 13.8 Å². The van der Waals surface area contributed by atoms with Crippen LogP contribution < -0.4 is 0 Å². The number of ether oxygens (including phenoxy) is 2. The smallest absolute Gasteiger partial charge is 0.126 e. The summed E-state index contributed by atoms with van der Waals surface area (Å²) < 4.78 is 9.89. The Morgan fingerprint density at radius 1 is 1.15 bits per heavy atom. The molecule has 0 radical (unpaired) electrons. The summed E-state index contributed by atoms with van der Waals surface area (Å²) in [6, 6.07) is 1.75. The molecule has 0 amide bonds. The summed E-state index contributed by atoms with van der Waals surface area (Å²) in [5.41, 5.74) is 0. The SMILES string of the molecule is C1COCCO1.CC#N.CC(C)=O. The summed E-state index contributed by atoms with van der Waals surface area (Å²) >= 11 is 0. The fraction of sp³-hybridized carbons (Fsp3) is 0.778. The Morgan fingerprint density at radius 3 is 1.38 bits per heavy atom. The van der Waals surface area contributed by atoms with Crippen molar-refractivity contribution >= 4 is 5.78 Å². The lowest BCUT2D eigenvalue weighted by Gasteiger charge is -2.09. The summed E-state index contributed by atoms with van der Waals surface area (Å²) in [5.74, 6) is 0.167. The zero-order valence-electron chi connectivity index (χ0n) is 8.50. The van der Waals surface area contributed by atoms with Crippen molar-refractivity contribution in [2.45, 2.75) is 20.8 Å². The van der Waals surface area contributed by atoms with Crippen molar-refractivity contribution in [3.63, 3.8) is 0 Å². The molecule has 0 aromatic heterocycles. The van der Waals surface area contributed by atoms with Crippen molar-refractivity contribution in [2.24, 2.45) is 0 Å². The molecule has 1 heterocycles. The monoisotopic (exact) mass is 187 g/mol. The Kier molecular flexibility index (Phi) is 15.3. The molecular weight excluding hydrogens is 170 g/mol. The van der Waals surface area contributed by atoms with Gasteiger partial charge in [-0.15, -0.1) is 0 Å². The molecule has 13 heavy (non-hydrogen) atoms. The minimum absolute atomic E-state index is 0.167. The number of carbonyl (C=O) groups is 1. The number of Topliss-reactive ketones (excluding diaryl/α,β-unsaturated/α-hetero) is 1. The number of nitrogens with zero attached hydrogens (tertiary/aromatic N) is 1. The molecule has 4 nitrogen and oxygen atoms in total. The van der Waals surface area contributed by atoms with E-state index in [1.165, 1.54) is 20.8 Å². The third-order valence-corrected chi connectivity index (χ3v) is 0.744. The highest BCUT2D eigenvalue weighted by Crippen LogP contribution is 1.85. The van der Waals surface area contributed by atoms with Crippen LogP contribution in [0, 0.1) is 11.3 Å². The van der Waals surface area contributed by atoms with E-state index in [1.54, 1.807) is 6.07 Å². The van der Waals surface area contributed by atoms with Crippen molar-refractivity contribution in [3.8, 4) is 6.07 Å². The Labute approximate surface area is 79.4 Å². The van der Waals surface area contributed by atoms with Gasteiger partial charge in [0, 0.05) is 6.92 Å². The maximum Gasteiger partial charge on any atom is 0.126 e. The summed E-state index contributed by atoms with van der Waals surface area (Å²) in [7, 11) is 0. The van der Waals surface area contributed by atoms with E-state index in [0.29, 0.717) is 0 Å². The van der Waals surface area contributed by atoms with Crippen LogP contribution in [0.4, 0.5) is 0 Å². The number of ketones is 1. The highest BCUT2D eigenvalue weighted by Gasteiger charge is 1.94. The molecule has 0 aromatic carbocycles. The predicted octanol–water partition coefficient (Wildman–Crippen LogP) is 1.16. The first-order valence-electron chi connectivity index (χ1n) is 4.08. The zero-order valence-corrected chi connectivity index (χ0v) is 8.50. The van der Waals surface area contributed by atoms with E-state index < -0.39 is 0 Å². The predicted molar refractivity (Wildman–Crippen MR) is 49.3 cm³/mol. The van der Waals surface area contributed by atoms with Crippen molar-refractivity contribution in [1.82, 2.24) is 0 Å². The van der Waals surface area contributed by atoms with Gasteiger partial charge in [-0.2, -0.15) is 5.26 Å². The number of carbonyl (C=O) groups excluding carboxylic acids is 1. The van der Waals surface area contributed by atoms with Gasteiger partial charge in [0.15, 0.2) is 0 Å². The summed E-state index contributed by atoms with van der Waals surface area (Å²) in [4.78, 5) is 9.44. The van der Waals surface area contributed by atoms with Crippen molar-refractivity contribution in [3.05, 3.63) is 0 Å². The topological polar surface area (TPSA) is 59.3 Å². The first-order chi connectivity index (χ1) is 6.15. The van der Waals surface area contributed by atoms with Gasteiger partial charge in [-0.3, -0.25) is 0 Å². The molecule has 0 N–H and O–H groups in total. The first-order valence-corrected chi connectivity index (χ1v) is 4.08. The minimum atomic E-state index is 0.167. The van der Waals surface area contributed by atoms with Crippen molar-refractivity contribution in [2.75, 3.05) is 26.4 Å². The fourth-order valence-corrected chi connectivity index (χ4v) is 0.440. The molecule has 1 fully saturated rings. The van der Waals surface area contributed by atoms with E-state index in [4.69, 9.17) is 14.7 Å². The third-order valence-electron chi connectivity index (χ3n) is 0.744. The van der Waals surface area contributed by atoms with Gasteiger partial charge in [0.05, 0.1) is 32.5 Å². The van der Waals surface area contributed by atoms with Crippen molar-refractivity contribution < 1.29 is 14.3 Å². The molecule has 0 aromatic rings. The number of hydrogen-bond donors (Lipinski definition) is 0. The second-order valence-electron chi connectivity index (χ2n) is 2.36. The summed E-state index contributed by atoms with van der Waals surface area (Å²) in [5, 5.41) is 7.32. The average molecular weight is 187 g/mol. The molecule has 1 saturated heterocycles. The standard InChI is InChI=1S/C4H8O2.C3H6O.C2H3N/c1-2-6-4-3-5-1;1-3(2)4;1-2-3/h1-4H2;1-2H3;1H3. The van der Waals surface area contributed by atoms with Gasteiger partial charge in [0.2, 0.25) is 0 Å². The summed E-state index contributed by atoms with van der Waals surface area (Å²) in [6.45, 7) is 7.60. The first kappa shape index (κ1) is 14.6. The Morgan fingerprint density at radius 2 is 1.31 bits per heavy atom. The highest BCUT2D eigenvalue weighted by molar-refractivity contribution is 5.72. The average Bonchev–Trinajstić information content (AvgIpc) is 2.08. The van der Waals surface area contributed by atoms with Crippen LogP contribution in [-0.4, -0.2) is 32.2 Å². The largest absolute Gasteiger partial charge is 0.377 e. The van der Waals surface area contributed by atoms with E-state index in [0.717, 1.165) is 26.4 Å². The quantitative estimate of drug-likeness (QED) is 0.571. The Hall–Kier alpha value is -0.920. The van der Waals surface area contributed by atoms with Crippen molar-refractivity contribution in [1.29, 1.82) is 5.26 Å².